The standard InChI is InChI=1S/2C19H21F5N4O/c2*1-10-7-11(27-18(29)16(25)19(22,23)24)9-28(8-10)14-5-4-13(17(20)21)15-12(14)3-2-6-26-15/h2*2-6,10-11,16-17H,7-9,25H2,1H3,(H,27,29)/t10-,11+,16?;10-,11+,16-/m00/s1. The third-order valence-electron chi connectivity index (χ3n) is 9.99. The fraction of sp³-hybridized carbons (Fsp3) is 0.474. The minimum Gasteiger partial charge on any atom is -0.369 e. The lowest BCUT2D eigenvalue weighted by atomic mass is 9.94. The number of pyridine rings is 2. The Kier molecular flexibility index (Phi) is 13.6. The van der Waals surface area contributed by atoms with Gasteiger partial charge in [-0.1, -0.05) is 13.8 Å². The number of carbonyl (C=O) groups is 2. The van der Waals surface area contributed by atoms with Crippen LogP contribution in [0.2, 0.25) is 0 Å². The second-order valence-corrected chi connectivity index (χ2v) is 14.7. The number of alkyl halides is 10. The van der Waals surface area contributed by atoms with Crippen molar-refractivity contribution < 1.29 is 53.5 Å². The summed E-state index contributed by atoms with van der Waals surface area (Å²) in [6.07, 6.45) is -11.2. The summed E-state index contributed by atoms with van der Waals surface area (Å²) in [4.78, 5) is 35.6. The molecule has 4 heterocycles. The van der Waals surface area contributed by atoms with E-state index in [0.29, 0.717) is 48.1 Å². The van der Waals surface area contributed by atoms with Crippen molar-refractivity contribution in [2.24, 2.45) is 23.3 Å². The van der Waals surface area contributed by atoms with Gasteiger partial charge in [-0.2, -0.15) is 26.3 Å². The van der Waals surface area contributed by atoms with Crippen molar-refractivity contribution in [3.05, 3.63) is 72.1 Å². The van der Waals surface area contributed by atoms with Crippen LogP contribution >= 0.6 is 0 Å². The minimum absolute atomic E-state index is 0.0534. The Morgan fingerprint density at radius 3 is 1.33 bits per heavy atom. The highest BCUT2D eigenvalue weighted by molar-refractivity contribution is 5.95. The maximum Gasteiger partial charge on any atom is 0.412 e. The number of carbonyl (C=O) groups excluding carboxylic acids is 2. The third-order valence-corrected chi connectivity index (χ3v) is 9.99. The van der Waals surface area contributed by atoms with Crippen LogP contribution in [0.5, 0.6) is 0 Å². The van der Waals surface area contributed by atoms with E-state index in [-0.39, 0.29) is 47.1 Å². The predicted molar refractivity (Wildman–Crippen MR) is 197 cm³/mol. The molecule has 1 unspecified atom stereocenters. The molecular formula is C38H42F10N8O2. The molecule has 2 aliphatic rings. The molecular weight excluding hydrogens is 790 g/mol. The molecule has 2 aliphatic heterocycles. The van der Waals surface area contributed by atoms with E-state index in [0.717, 1.165) is 0 Å². The molecule has 0 aliphatic carbocycles. The molecule has 2 saturated heterocycles. The van der Waals surface area contributed by atoms with Gasteiger partial charge < -0.3 is 31.9 Å². The van der Waals surface area contributed by atoms with Crippen LogP contribution in [0, 0.1) is 11.8 Å². The van der Waals surface area contributed by atoms with Crippen molar-refractivity contribution in [3.8, 4) is 0 Å². The van der Waals surface area contributed by atoms with Crippen LogP contribution in [0.1, 0.15) is 50.7 Å². The lowest BCUT2D eigenvalue weighted by Gasteiger charge is -2.39. The average Bonchev–Trinajstić information content (AvgIpc) is 3.15. The first kappa shape index (κ1) is 44.1. The molecule has 20 heteroatoms. The van der Waals surface area contributed by atoms with E-state index in [1.807, 2.05) is 23.6 Å². The van der Waals surface area contributed by atoms with Crippen LogP contribution in [0.3, 0.4) is 0 Å². The van der Waals surface area contributed by atoms with E-state index in [1.165, 1.54) is 24.5 Å². The van der Waals surface area contributed by atoms with Gasteiger partial charge in [-0.25, -0.2) is 17.6 Å². The highest BCUT2D eigenvalue weighted by Crippen LogP contribution is 2.36. The third kappa shape index (κ3) is 10.4. The monoisotopic (exact) mass is 832 g/mol. The SMILES string of the molecule is C[C@H]1C[C@@H](NC(=O)C(N)C(F)(F)F)CN(c2ccc(C(F)F)c3ncccc23)C1.C[C@H]1C[C@@H](NC(=O)[C@H](N)C(F)(F)F)CN(c2ccc(C(F)F)c3ncccc23)C1. The zero-order valence-electron chi connectivity index (χ0n) is 31.2. The highest BCUT2D eigenvalue weighted by Gasteiger charge is 2.44. The number of nitrogens with one attached hydrogen (secondary N) is 2. The average molecular weight is 833 g/mol. The Hall–Kier alpha value is -4.98. The molecule has 6 rings (SSSR count). The smallest absolute Gasteiger partial charge is 0.369 e. The van der Waals surface area contributed by atoms with E-state index in [2.05, 4.69) is 20.6 Å². The van der Waals surface area contributed by atoms with Gasteiger partial charge in [0.15, 0.2) is 12.1 Å². The summed E-state index contributed by atoms with van der Waals surface area (Å²) in [5.74, 6) is -2.46. The number of amides is 2. The summed E-state index contributed by atoms with van der Waals surface area (Å²) in [6, 6.07) is 6.06. The number of halogens is 10. The van der Waals surface area contributed by atoms with Crippen molar-refractivity contribution in [2.75, 3.05) is 36.0 Å². The van der Waals surface area contributed by atoms with Crippen molar-refractivity contribution in [1.82, 2.24) is 20.6 Å². The maximum atomic E-state index is 13.3. The molecule has 0 spiro atoms. The first-order chi connectivity index (χ1) is 27.1. The second kappa shape index (κ2) is 17.9. The van der Waals surface area contributed by atoms with Crippen molar-refractivity contribution in [3.63, 3.8) is 0 Å². The number of benzene rings is 2. The Labute approximate surface area is 326 Å². The topological polar surface area (TPSA) is 142 Å². The molecule has 0 radical (unpaired) electrons. The van der Waals surface area contributed by atoms with E-state index in [1.54, 1.807) is 36.4 Å². The summed E-state index contributed by atoms with van der Waals surface area (Å²) in [6.45, 7) is 5.41. The molecule has 6 atom stereocenters. The molecule has 10 nitrogen and oxygen atoms in total. The summed E-state index contributed by atoms with van der Waals surface area (Å²) in [7, 11) is 0. The van der Waals surface area contributed by atoms with E-state index >= 15 is 0 Å². The molecule has 2 amide bonds. The normalized spacial score (nSPS) is 21.4. The number of piperidine rings is 2. The Bertz CT molecular complexity index is 1920. The van der Waals surface area contributed by atoms with Gasteiger partial charge in [0.25, 0.3) is 12.9 Å². The first-order valence-corrected chi connectivity index (χ1v) is 18.2. The van der Waals surface area contributed by atoms with Crippen LogP contribution in [-0.2, 0) is 9.59 Å². The Morgan fingerprint density at radius 2 is 1.00 bits per heavy atom. The fourth-order valence-corrected chi connectivity index (χ4v) is 7.45. The zero-order valence-corrected chi connectivity index (χ0v) is 31.2. The van der Waals surface area contributed by atoms with E-state index in [4.69, 9.17) is 11.5 Å². The molecule has 2 fully saturated rings. The molecule has 4 aromatic rings. The number of fused-ring (bicyclic) bond motifs is 2. The highest BCUT2D eigenvalue weighted by atomic mass is 19.4. The molecule has 6 N–H and O–H groups in total. The summed E-state index contributed by atoms with van der Waals surface area (Å²) in [5, 5.41) is 5.79. The molecule has 316 valence electrons. The maximum absolute atomic E-state index is 13.3. The molecule has 2 aromatic carbocycles. The van der Waals surface area contributed by atoms with Gasteiger partial charge in [0.2, 0.25) is 11.8 Å². The minimum atomic E-state index is -4.82. The van der Waals surface area contributed by atoms with Crippen molar-refractivity contribution in [2.45, 2.75) is 76.1 Å². The van der Waals surface area contributed by atoms with Gasteiger partial charge in [-0.15, -0.1) is 0 Å². The first-order valence-electron chi connectivity index (χ1n) is 18.2. The van der Waals surface area contributed by atoms with Crippen LogP contribution in [0.25, 0.3) is 21.8 Å². The summed E-state index contributed by atoms with van der Waals surface area (Å²) < 4.78 is 129. The van der Waals surface area contributed by atoms with Crippen LogP contribution < -0.4 is 31.9 Å². The molecule has 2 aromatic heterocycles. The molecule has 58 heavy (non-hydrogen) atoms. The molecule has 0 saturated carbocycles. The number of aromatic nitrogens is 2. The largest absolute Gasteiger partial charge is 0.412 e. The van der Waals surface area contributed by atoms with Crippen LogP contribution in [0.4, 0.5) is 55.3 Å². The number of hydrogen-bond acceptors (Lipinski definition) is 8. The number of nitrogens with two attached hydrogens (primary N) is 2. The lowest BCUT2D eigenvalue weighted by molar-refractivity contribution is -0.164. The summed E-state index contributed by atoms with van der Waals surface area (Å²) >= 11 is 0. The van der Waals surface area contributed by atoms with Gasteiger partial charge in [0.1, 0.15) is 0 Å². The second-order valence-electron chi connectivity index (χ2n) is 14.7. The van der Waals surface area contributed by atoms with E-state index in [9.17, 15) is 53.5 Å². The Balaban J connectivity index is 0.000000221. The van der Waals surface area contributed by atoms with Gasteiger partial charge in [0.05, 0.1) is 11.0 Å². The van der Waals surface area contributed by atoms with Crippen LogP contribution in [-0.4, -0.2) is 84.5 Å². The van der Waals surface area contributed by atoms with Gasteiger partial charge in [-0.05, 0) is 73.2 Å². The van der Waals surface area contributed by atoms with Crippen LogP contribution in [0.15, 0.2) is 60.9 Å². The lowest BCUT2D eigenvalue weighted by Crippen LogP contribution is -2.57. The number of anilines is 2. The Morgan fingerprint density at radius 1 is 0.638 bits per heavy atom. The quantitative estimate of drug-likeness (QED) is 0.142. The number of nitrogens with zero attached hydrogens (tertiary/aromatic N) is 4. The number of rotatable bonds is 8. The van der Waals surface area contributed by atoms with Gasteiger partial charge >= 0.3 is 12.4 Å². The van der Waals surface area contributed by atoms with Gasteiger partial charge in [-0.3, -0.25) is 19.6 Å². The predicted octanol–water partition coefficient (Wildman–Crippen LogP) is 6.79. The number of hydrogen-bond donors (Lipinski definition) is 4. The molecule has 0 bridgehead atoms. The fourth-order valence-electron chi connectivity index (χ4n) is 7.45. The zero-order chi connectivity index (χ0) is 42.7. The van der Waals surface area contributed by atoms with Gasteiger partial charge in [0, 0.05) is 83.9 Å². The van der Waals surface area contributed by atoms with E-state index < -0.39 is 61.2 Å². The van der Waals surface area contributed by atoms with Crippen molar-refractivity contribution in [1.29, 1.82) is 0 Å². The summed E-state index contributed by atoms with van der Waals surface area (Å²) in [5.41, 5.74) is 11.2. The van der Waals surface area contributed by atoms with Crippen molar-refractivity contribution >= 4 is 45.0 Å².